The predicted molar refractivity (Wildman–Crippen MR) is 78.7 cm³/mol. The largest absolute Gasteiger partial charge is 0.392 e. The van der Waals surface area contributed by atoms with Crippen molar-refractivity contribution in [3.05, 3.63) is 23.9 Å². The number of aromatic nitrogens is 1. The molecule has 6 heteroatoms. The third-order valence-corrected chi connectivity index (χ3v) is 5.41. The van der Waals surface area contributed by atoms with E-state index in [9.17, 15) is 8.42 Å². The fourth-order valence-corrected chi connectivity index (χ4v) is 3.46. The van der Waals surface area contributed by atoms with E-state index in [0.29, 0.717) is 24.6 Å². The van der Waals surface area contributed by atoms with E-state index in [4.69, 9.17) is 5.11 Å². The van der Waals surface area contributed by atoms with Crippen molar-refractivity contribution in [1.82, 2.24) is 9.29 Å². The van der Waals surface area contributed by atoms with Crippen LogP contribution in [0.3, 0.4) is 0 Å². The Morgan fingerprint density at radius 3 is 2.30 bits per heavy atom. The molecule has 0 aliphatic rings. The number of sulfonamides is 1. The molecule has 0 aromatic carbocycles. The molecule has 1 rings (SSSR count). The van der Waals surface area contributed by atoms with Crippen LogP contribution >= 0.6 is 0 Å². The lowest BCUT2D eigenvalue weighted by molar-refractivity contribution is 0.281. The second kappa shape index (κ2) is 7.71. The van der Waals surface area contributed by atoms with Gasteiger partial charge in [0.2, 0.25) is 0 Å². The van der Waals surface area contributed by atoms with Crippen LogP contribution < -0.4 is 0 Å². The number of hydrogen-bond acceptors (Lipinski definition) is 4. The van der Waals surface area contributed by atoms with Crippen molar-refractivity contribution >= 4 is 10.0 Å². The molecule has 0 amide bonds. The van der Waals surface area contributed by atoms with Crippen LogP contribution in [0.5, 0.6) is 0 Å². The molecule has 0 fully saturated rings. The molecule has 0 saturated carbocycles. The van der Waals surface area contributed by atoms with Gasteiger partial charge in [-0.3, -0.25) is 0 Å². The van der Waals surface area contributed by atoms with E-state index in [2.05, 4.69) is 18.8 Å². The second-order valence-corrected chi connectivity index (χ2v) is 6.69. The van der Waals surface area contributed by atoms with Crippen molar-refractivity contribution in [2.75, 3.05) is 13.1 Å². The van der Waals surface area contributed by atoms with E-state index in [-0.39, 0.29) is 11.6 Å². The first-order valence-electron chi connectivity index (χ1n) is 7.05. The van der Waals surface area contributed by atoms with Gasteiger partial charge in [-0.2, -0.15) is 4.31 Å². The summed E-state index contributed by atoms with van der Waals surface area (Å²) in [5.74, 6) is 0.362. The molecular formula is C14H24N2O3S. The van der Waals surface area contributed by atoms with Crippen LogP contribution in [0.2, 0.25) is 0 Å². The van der Waals surface area contributed by atoms with Crippen LogP contribution in [0, 0.1) is 5.92 Å². The Kier molecular flexibility index (Phi) is 6.58. The molecule has 0 saturated heterocycles. The molecule has 0 bridgehead atoms. The highest BCUT2D eigenvalue weighted by Gasteiger charge is 2.26. The van der Waals surface area contributed by atoms with Gasteiger partial charge in [-0.15, -0.1) is 0 Å². The average Bonchev–Trinajstić information content (AvgIpc) is 2.48. The van der Waals surface area contributed by atoms with Crippen LogP contribution in [-0.2, 0) is 16.6 Å². The van der Waals surface area contributed by atoms with Gasteiger partial charge < -0.3 is 5.11 Å². The molecule has 0 spiro atoms. The average molecular weight is 300 g/mol. The summed E-state index contributed by atoms with van der Waals surface area (Å²) in [7, 11) is -3.55. The molecule has 0 aliphatic heterocycles. The Labute approximate surface area is 121 Å². The van der Waals surface area contributed by atoms with Crippen molar-refractivity contribution in [3.8, 4) is 0 Å². The predicted octanol–water partition coefficient (Wildman–Crippen LogP) is 2.02. The number of hydrogen-bond donors (Lipinski definition) is 1. The minimum Gasteiger partial charge on any atom is -0.392 e. The lowest BCUT2D eigenvalue weighted by Crippen LogP contribution is -2.35. The summed E-state index contributed by atoms with van der Waals surface area (Å²) in [4.78, 5) is 3.96. The molecule has 0 radical (unpaired) electrons. The molecule has 0 aliphatic carbocycles. The van der Waals surface area contributed by atoms with E-state index in [1.807, 2.05) is 6.92 Å². The number of rotatable bonds is 8. The van der Waals surface area contributed by atoms with Gasteiger partial charge in [-0.25, -0.2) is 13.4 Å². The monoisotopic (exact) mass is 300 g/mol. The van der Waals surface area contributed by atoms with Gasteiger partial charge in [0, 0.05) is 19.3 Å². The maximum absolute atomic E-state index is 12.5. The van der Waals surface area contributed by atoms with Crippen molar-refractivity contribution in [2.24, 2.45) is 5.92 Å². The minimum atomic E-state index is -3.55. The van der Waals surface area contributed by atoms with Gasteiger partial charge in [0.15, 0.2) is 5.03 Å². The molecule has 1 aromatic rings. The minimum absolute atomic E-state index is 0.0440. The third kappa shape index (κ3) is 4.01. The molecular weight excluding hydrogens is 276 g/mol. The molecule has 114 valence electrons. The number of aliphatic hydroxyl groups excluding tert-OH is 1. The molecule has 1 heterocycles. The standard InChI is InChI=1S/C14H24N2O3S/c1-4-12(5-2)10-16(6-3)20(18,19)14-8-7-13(11-17)9-15-14/h7-9,12,17H,4-6,10-11H2,1-3H3. The first-order valence-corrected chi connectivity index (χ1v) is 8.49. The second-order valence-electron chi connectivity index (χ2n) is 4.80. The van der Waals surface area contributed by atoms with Crippen molar-refractivity contribution in [1.29, 1.82) is 0 Å². The van der Waals surface area contributed by atoms with Crippen LogP contribution in [0.4, 0.5) is 0 Å². The van der Waals surface area contributed by atoms with Crippen molar-refractivity contribution < 1.29 is 13.5 Å². The summed E-state index contributed by atoms with van der Waals surface area (Å²) >= 11 is 0. The quantitative estimate of drug-likeness (QED) is 0.797. The number of nitrogens with zero attached hydrogens (tertiary/aromatic N) is 2. The SMILES string of the molecule is CCC(CC)CN(CC)S(=O)(=O)c1ccc(CO)cn1. The van der Waals surface area contributed by atoms with Gasteiger partial charge in [0.1, 0.15) is 0 Å². The van der Waals surface area contributed by atoms with Gasteiger partial charge in [0.05, 0.1) is 6.61 Å². The zero-order valence-electron chi connectivity index (χ0n) is 12.4. The van der Waals surface area contributed by atoms with Crippen LogP contribution in [0.15, 0.2) is 23.4 Å². The van der Waals surface area contributed by atoms with Crippen LogP contribution in [0.1, 0.15) is 39.2 Å². The topological polar surface area (TPSA) is 70.5 Å². The Balaban J connectivity index is 2.98. The first-order chi connectivity index (χ1) is 9.49. The summed E-state index contributed by atoms with van der Waals surface area (Å²) < 4.78 is 26.5. The molecule has 1 N–H and O–H groups in total. The van der Waals surface area contributed by atoms with E-state index in [0.717, 1.165) is 12.8 Å². The summed E-state index contributed by atoms with van der Waals surface area (Å²) in [5.41, 5.74) is 0.604. The van der Waals surface area contributed by atoms with Gasteiger partial charge in [-0.1, -0.05) is 39.7 Å². The van der Waals surface area contributed by atoms with E-state index >= 15 is 0 Å². The van der Waals surface area contributed by atoms with Crippen molar-refractivity contribution in [2.45, 2.75) is 45.2 Å². The Morgan fingerprint density at radius 2 is 1.90 bits per heavy atom. The summed E-state index contributed by atoms with van der Waals surface area (Å²) in [6, 6.07) is 3.04. The zero-order chi connectivity index (χ0) is 15.2. The van der Waals surface area contributed by atoms with Crippen LogP contribution in [0.25, 0.3) is 0 Å². The normalized spacial score (nSPS) is 12.3. The van der Waals surface area contributed by atoms with Crippen LogP contribution in [-0.4, -0.2) is 35.9 Å². The highest BCUT2D eigenvalue weighted by Crippen LogP contribution is 2.18. The first kappa shape index (κ1) is 17.1. The van der Waals surface area contributed by atoms with E-state index in [1.165, 1.54) is 16.6 Å². The summed E-state index contributed by atoms with van der Waals surface area (Å²) in [6.07, 6.45) is 3.32. The third-order valence-electron chi connectivity index (χ3n) is 3.55. The summed E-state index contributed by atoms with van der Waals surface area (Å²) in [6.45, 7) is 6.80. The molecule has 0 atom stereocenters. The van der Waals surface area contributed by atoms with Gasteiger partial charge in [-0.05, 0) is 17.5 Å². The highest BCUT2D eigenvalue weighted by molar-refractivity contribution is 7.89. The lowest BCUT2D eigenvalue weighted by atomic mass is 10.0. The molecule has 1 aromatic heterocycles. The van der Waals surface area contributed by atoms with E-state index in [1.54, 1.807) is 6.07 Å². The fraction of sp³-hybridized carbons (Fsp3) is 0.643. The Bertz CT molecular complexity index is 496. The number of pyridine rings is 1. The molecule has 20 heavy (non-hydrogen) atoms. The lowest BCUT2D eigenvalue weighted by Gasteiger charge is -2.24. The smallest absolute Gasteiger partial charge is 0.260 e. The molecule has 0 unspecified atom stereocenters. The van der Waals surface area contributed by atoms with Gasteiger partial charge >= 0.3 is 0 Å². The van der Waals surface area contributed by atoms with Crippen molar-refractivity contribution in [3.63, 3.8) is 0 Å². The number of aliphatic hydroxyl groups is 1. The maximum atomic E-state index is 12.5. The Hall–Kier alpha value is -0.980. The fourth-order valence-electron chi connectivity index (χ4n) is 2.02. The summed E-state index contributed by atoms with van der Waals surface area (Å²) in [5, 5.41) is 9.01. The van der Waals surface area contributed by atoms with Gasteiger partial charge in [0.25, 0.3) is 10.0 Å². The highest BCUT2D eigenvalue weighted by atomic mass is 32.2. The van der Waals surface area contributed by atoms with E-state index < -0.39 is 10.0 Å². The zero-order valence-corrected chi connectivity index (χ0v) is 13.2. The Morgan fingerprint density at radius 1 is 1.25 bits per heavy atom. The maximum Gasteiger partial charge on any atom is 0.260 e. The molecule has 5 nitrogen and oxygen atoms in total.